The summed E-state index contributed by atoms with van der Waals surface area (Å²) in [5, 5.41) is 6.36. The Balaban J connectivity index is 0.00000144. The van der Waals surface area contributed by atoms with E-state index in [0.29, 0.717) is 11.8 Å². The van der Waals surface area contributed by atoms with Crippen molar-refractivity contribution in [3.8, 4) is 0 Å². The molecule has 2 aliphatic rings. The van der Waals surface area contributed by atoms with Crippen molar-refractivity contribution in [1.29, 1.82) is 0 Å². The second-order valence-electron chi connectivity index (χ2n) is 5.18. The normalized spacial score (nSPS) is 30.1. The highest BCUT2D eigenvalue weighted by Gasteiger charge is 2.54. The van der Waals surface area contributed by atoms with Crippen LogP contribution in [-0.2, 0) is 4.79 Å². The van der Waals surface area contributed by atoms with Crippen LogP contribution < -0.4 is 10.6 Å². The molecular weight excluding hydrogens is 236 g/mol. The van der Waals surface area contributed by atoms with Crippen molar-refractivity contribution >= 4 is 18.3 Å². The van der Waals surface area contributed by atoms with Gasteiger partial charge in [0.2, 0.25) is 5.91 Å². The second kappa shape index (κ2) is 7.22. The van der Waals surface area contributed by atoms with Crippen LogP contribution in [0.1, 0.15) is 39.0 Å². The summed E-state index contributed by atoms with van der Waals surface area (Å²) in [6.45, 7) is 4.89. The van der Waals surface area contributed by atoms with Gasteiger partial charge in [-0.3, -0.25) is 4.79 Å². The summed E-state index contributed by atoms with van der Waals surface area (Å²) in [6, 6.07) is 0. The standard InChI is InChI=1S/C13H24N2O.ClH/c1-2-7-14-8-9-15-13(16)12-10-5-3-4-6-11(10)12;/h10-12,14H,2-9H2,1H3,(H,15,16);1H. The average molecular weight is 261 g/mol. The Morgan fingerprint density at radius 3 is 2.35 bits per heavy atom. The number of rotatable bonds is 6. The van der Waals surface area contributed by atoms with Crippen molar-refractivity contribution in [2.24, 2.45) is 17.8 Å². The van der Waals surface area contributed by atoms with Gasteiger partial charge in [-0.25, -0.2) is 0 Å². The maximum absolute atomic E-state index is 11.9. The lowest BCUT2D eigenvalue weighted by Gasteiger charge is -2.05. The molecule has 2 N–H and O–H groups in total. The Morgan fingerprint density at radius 2 is 1.76 bits per heavy atom. The Hall–Kier alpha value is -0.280. The molecule has 3 nitrogen and oxygen atoms in total. The van der Waals surface area contributed by atoms with E-state index < -0.39 is 0 Å². The molecular formula is C13H25ClN2O. The molecule has 2 atom stereocenters. The van der Waals surface area contributed by atoms with E-state index in [4.69, 9.17) is 0 Å². The van der Waals surface area contributed by atoms with Gasteiger partial charge in [-0.15, -0.1) is 12.4 Å². The lowest BCUT2D eigenvalue weighted by atomic mass is 10.0. The predicted molar refractivity (Wildman–Crippen MR) is 72.4 cm³/mol. The van der Waals surface area contributed by atoms with Crippen molar-refractivity contribution in [2.45, 2.75) is 39.0 Å². The fourth-order valence-corrected chi connectivity index (χ4v) is 3.07. The summed E-state index contributed by atoms with van der Waals surface area (Å²) >= 11 is 0. The molecule has 0 heterocycles. The third kappa shape index (κ3) is 3.85. The van der Waals surface area contributed by atoms with Gasteiger partial charge in [0.1, 0.15) is 0 Å². The van der Waals surface area contributed by atoms with Crippen molar-refractivity contribution in [1.82, 2.24) is 10.6 Å². The summed E-state index contributed by atoms with van der Waals surface area (Å²) in [6.07, 6.45) is 6.40. The van der Waals surface area contributed by atoms with Gasteiger partial charge in [-0.1, -0.05) is 19.8 Å². The zero-order chi connectivity index (χ0) is 11.4. The molecule has 2 aliphatic carbocycles. The van der Waals surface area contributed by atoms with Crippen molar-refractivity contribution < 1.29 is 4.79 Å². The highest BCUT2D eigenvalue weighted by molar-refractivity contribution is 5.85. The molecule has 2 unspecified atom stereocenters. The quantitative estimate of drug-likeness (QED) is 0.717. The number of hydrogen-bond donors (Lipinski definition) is 2. The number of nitrogens with one attached hydrogen (secondary N) is 2. The molecule has 0 saturated heterocycles. The van der Waals surface area contributed by atoms with Crippen LogP contribution in [0, 0.1) is 17.8 Å². The van der Waals surface area contributed by atoms with Crippen LogP contribution in [0.4, 0.5) is 0 Å². The van der Waals surface area contributed by atoms with Gasteiger partial charge in [-0.2, -0.15) is 0 Å². The second-order valence-corrected chi connectivity index (χ2v) is 5.18. The van der Waals surface area contributed by atoms with Crippen LogP contribution in [0.3, 0.4) is 0 Å². The first-order chi connectivity index (χ1) is 7.84. The van der Waals surface area contributed by atoms with E-state index in [1.54, 1.807) is 0 Å². The number of carbonyl (C=O) groups excluding carboxylic acids is 1. The highest BCUT2D eigenvalue weighted by Crippen LogP contribution is 2.55. The molecule has 0 radical (unpaired) electrons. The summed E-state index contributed by atoms with van der Waals surface area (Å²) in [7, 11) is 0. The summed E-state index contributed by atoms with van der Waals surface area (Å²) < 4.78 is 0. The molecule has 0 spiro atoms. The number of fused-ring (bicyclic) bond motifs is 1. The molecule has 0 aromatic heterocycles. The average Bonchev–Trinajstić information content (AvgIpc) is 3.02. The Morgan fingerprint density at radius 1 is 1.12 bits per heavy atom. The number of hydrogen-bond acceptors (Lipinski definition) is 2. The molecule has 4 heteroatoms. The van der Waals surface area contributed by atoms with Crippen LogP contribution in [0.5, 0.6) is 0 Å². The van der Waals surface area contributed by atoms with Gasteiger partial charge in [-0.05, 0) is 37.6 Å². The first-order valence-corrected chi connectivity index (χ1v) is 6.83. The number of amides is 1. The van der Waals surface area contributed by atoms with Crippen LogP contribution in [0.15, 0.2) is 0 Å². The van der Waals surface area contributed by atoms with Gasteiger partial charge in [0.05, 0.1) is 0 Å². The first-order valence-electron chi connectivity index (χ1n) is 6.83. The SMILES string of the molecule is CCCNCCNC(=O)C1C2CCCCC21.Cl. The molecule has 100 valence electrons. The van der Waals surface area contributed by atoms with E-state index in [1.807, 2.05) is 0 Å². The van der Waals surface area contributed by atoms with Gasteiger partial charge in [0, 0.05) is 19.0 Å². The smallest absolute Gasteiger partial charge is 0.223 e. The third-order valence-electron chi connectivity index (χ3n) is 3.99. The fourth-order valence-electron chi connectivity index (χ4n) is 3.07. The van der Waals surface area contributed by atoms with Crippen LogP contribution >= 0.6 is 12.4 Å². The Kier molecular flexibility index (Phi) is 6.28. The largest absolute Gasteiger partial charge is 0.355 e. The van der Waals surface area contributed by atoms with E-state index >= 15 is 0 Å². The van der Waals surface area contributed by atoms with Crippen LogP contribution in [0.25, 0.3) is 0 Å². The summed E-state index contributed by atoms with van der Waals surface area (Å²) in [5.41, 5.74) is 0. The minimum atomic E-state index is 0. The zero-order valence-electron chi connectivity index (χ0n) is 10.7. The molecule has 2 saturated carbocycles. The van der Waals surface area contributed by atoms with Gasteiger partial charge in [0.15, 0.2) is 0 Å². The monoisotopic (exact) mass is 260 g/mol. The van der Waals surface area contributed by atoms with Crippen molar-refractivity contribution in [3.05, 3.63) is 0 Å². The van der Waals surface area contributed by atoms with Crippen LogP contribution in [-0.4, -0.2) is 25.5 Å². The van der Waals surface area contributed by atoms with Gasteiger partial charge >= 0.3 is 0 Å². The number of carbonyl (C=O) groups is 1. The maximum atomic E-state index is 11.9. The van der Waals surface area contributed by atoms with Crippen LogP contribution in [0.2, 0.25) is 0 Å². The molecule has 0 aromatic rings. The third-order valence-corrected chi connectivity index (χ3v) is 3.99. The molecule has 0 aliphatic heterocycles. The molecule has 2 fully saturated rings. The van der Waals surface area contributed by atoms with Crippen molar-refractivity contribution in [2.75, 3.05) is 19.6 Å². The first kappa shape index (κ1) is 14.8. The Labute approximate surface area is 111 Å². The van der Waals surface area contributed by atoms with Crippen molar-refractivity contribution in [3.63, 3.8) is 0 Å². The fraction of sp³-hybridized carbons (Fsp3) is 0.923. The maximum Gasteiger partial charge on any atom is 0.223 e. The lowest BCUT2D eigenvalue weighted by molar-refractivity contribution is -0.122. The summed E-state index contributed by atoms with van der Waals surface area (Å²) in [4.78, 5) is 11.9. The van der Waals surface area contributed by atoms with E-state index in [1.165, 1.54) is 25.7 Å². The molecule has 0 aromatic carbocycles. The zero-order valence-corrected chi connectivity index (χ0v) is 11.5. The van der Waals surface area contributed by atoms with E-state index in [9.17, 15) is 4.79 Å². The topological polar surface area (TPSA) is 41.1 Å². The molecule has 2 rings (SSSR count). The predicted octanol–water partition coefficient (Wildman–Crippen LogP) is 1.96. The molecule has 0 bridgehead atoms. The molecule has 17 heavy (non-hydrogen) atoms. The van der Waals surface area contributed by atoms with E-state index in [0.717, 1.165) is 37.9 Å². The Bertz CT molecular complexity index is 236. The van der Waals surface area contributed by atoms with Gasteiger partial charge < -0.3 is 10.6 Å². The lowest BCUT2D eigenvalue weighted by Crippen LogP contribution is -2.33. The summed E-state index contributed by atoms with van der Waals surface area (Å²) in [5.74, 6) is 2.15. The minimum absolute atomic E-state index is 0. The highest BCUT2D eigenvalue weighted by atomic mass is 35.5. The minimum Gasteiger partial charge on any atom is -0.355 e. The molecule has 1 amide bonds. The van der Waals surface area contributed by atoms with E-state index in [-0.39, 0.29) is 12.4 Å². The van der Waals surface area contributed by atoms with E-state index in [2.05, 4.69) is 17.6 Å². The number of halogens is 1. The van der Waals surface area contributed by atoms with Gasteiger partial charge in [0.25, 0.3) is 0 Å².